The van der Waals surface area contributed by atoms with Crippen molar-refractivity contribution in [3.05, 3.63) is 66.5 Å². The quantitative estimate of drug-likeness (QED) is 0.499. The van der Waals surface area contributed by atoms with Crippen molar-refractivity contribution in [2.75, 3.05) is 16.8 Å². The SMILES string of the molecule is CC(Nc1ncnc(N)c1N)c1nc2ccc(F)cc2cc1-c1ccccn1. The third kappa shape index (κ3) is 3.27. The van der Waals surface area contributed by atoms with Gasteiger partial charge in [-0.15, -0.1) is 0 Å². The van der Waals surface area contributed by atoms with E-state index in [0.717, 1.165) is 17.0 Å². The Balaban J connectivity index is 1.84. The normalized spacial score (nSPS) is 12.1. The smallest absolute Gasteiger partial charge is 0.155 e. The van der Waals surface area contributed by atoms with E-state index in [1.807, 2.05) is 31.2 Å². The van der Waals surface area contributed by atoms with Crippen molar-refractivity contribution in [3.8, 4) is 11.3 Å². The zero-order valence-electron chi connectivity index (χ0n) is 15.1. The third-order valence-corrected chi connectivity index (χ3v) is 4.43. The Hall–Kier alpha value is -3.81. The van der Waals surface area contributed by atoms with Gasteiger partial charge in [-0.25, -0.2) is 19.3 Å². The predicted octanol–water partition coefficient (Wildman–Crippen LogP) is 3.56. The van der Waals surface area contributed by atoms with Crippen LogP contribution in [0.5, 0.6) is 0 Å². The molecule has 0 aliphatic carbocycles. The van der Waals surface area contributed by atoms with Crippen molar-refractivity contribution >= 4 is 28.2 Å². The molecule has 0 bridgehead atoms. The summed E-state index contributed by atoms with van der Waals surface area (Å²) in [6, 6.07) is 11.7. The maximum absolute atomic E-state index is 13.7. The fourth-order valence-corrected chi connectivity index (χ4v) is 3.02. The highest BCUT2D eigenvalue weighted by molar-refractivity contribution is 5.85. The molecule has 0 saturated heterocycles. The molecule has 0 aliphatic heterocycles. The maximum Gasteiger partial charge on any atom is 0.155 e. The number of hydrogen-bond donors (Lipinski definition) is 3. The highest BCUT2D eigenvalue weighted by atomic mass is 19.1. The van der Waals surface area contributed by atoms with Gasteiger partial charge in [0.05, 0.1) is 22.9 Å². The van der Waals surface area contributed by atoms with Gasteiger partial charge in [0.1, 0.15) is 17.8 Å². The number of rotatable bonds is 4. The van der Waals surface area contributed by atoms with Gasteiger partial charge in [0.2, 0.25) is 0 Å². The molecule has 8 heteroatoms. The Morgan fingerprint density at radius 3 is 2.68 bits per heavy atom. The molecule has 1 aromatic carbocycles. The van der Waals surface area contributed by atoms with Crippen LogP contribution < -0.4 is 16.8 Å². The molecule has 5 N–H and O–H groups in total. The highest BCUT2D eigenvalue weighted by Gasteiger charge is 2.18. The van der Waals surface area contributed by atoms with Gasteiger partial charge in [0.15, 0.2) is 11.6 Å². The van der Waals surface area contributed by atoms with Crippen LogP contribution in [0.25, 0.3) is 22.2 Å². The van der Waals surface area contributed by atoms with Gasteiger partial charge in [-0.3, -0.25) is 4.98 Å². The number of aromatic nitrogens is 4. The molecule has 4 rings (SSSR count). The van der Waals surface area contributed by atoms with E-state index in [0.29, 0.717) is 16.7 Å². The molecule has 3 heterocycles. The van der Waals surface area contributed by atoms with Crippen molar-refractivity contribution in [1.29, 1.82) is 0 Å². The van der Waals surface area contributed by atoms with Crippen LogP contribution >= 0.6 is 0 Å². The number of nitrogens with one attached hydrogen (secondary N) is 1. The van der Waals surface area contributed by atoms with Crippen LogP contribution in [-0.4, -0.2) is 19.9 Å². The number of pyridine rings is 2. The Bertz CT molecular complexity index is 1150. The second kappa shape index (κ2) is 7.07. The summed E-state index contributed by atoms with van der Waals surface area (Å²) in [5, 5.41) is 3.93. The Morgan fingerprint density at radius 1 is 1.04 bits per heavy atom. The van der Waals surface area contributed by atoms with Crippen LogP contribution in [0.4, 0.5) is 21.7 Å². The standard InChI is InChI=1S/C20H18FN7/c1-11(27-20-17(22)19(23)25-10-26-20)18-14(16-4-2-3-7-24-16)9-12-8-13(21)5-6-15(12)28-18/h2-11H,22H2,1H3,(H3,23,25,26,27). The monoisotopic (exact) mass is 375 g/mol. The first kappa shape index (κ1) is 17.6. The van der Waals surface area contributed by atoms with E-state index in [1.54, 1.807) is 12.3 Å². The molecule has 0 spiro atoms. The molecule has 0 amide bonds. The number of benzene rings is 1. The molecular weight excluding hydrogens is 357 g/mol. The molecular formula is C20H18FN7. The number of nitrogens with two attached hydrogens (primary N) is 2. The Kier molecular flexibility index (Phi) is 4.44. The minimum atomic E-state index is -0.315. The average Bonchev–Trinajstić information content (AvgIpc) is 2.71. The summed E-state index contributed by atoms with van der Waals surface area (Å²) in [4.78, 5) is 17.2. The Labute approximate surface area is 160 Å². The first-order valence-corrected chi connectivity index (χ1v) is 8.67. The highest BCUT2D eigenvalue weighted by Crippen LogP contribution is 2.32. The van der Waals surface area contributed by atoms with Gasteiger partial charge in [-0.1, -0.05) is 6.07 Å². The maximum atomic E-state index is 13.7. The summed E-state index contributed by atoms with van der Waals surface area (Å²) in [6.07, 6.45) is 3.05. The molecule has 0 aliphatic rings. The predicted molar refractivity (Wildman–Crippen MR) is 108 cm³/mol. The number of fused-ring (bicyclic) bond motifs is 1. The van der Waals surface area contributed by atoms with Crippen LogP contribution in [0.1, 0.15) is 18.7 Å². The minimum Gasteiger partial charge on any atom is -0.393 e. The summed E-state index contributed by atoms with van der Waals surface area (Å²) in [7, 11) is 0. The molecule has 4 aromatic rings. The van der Waals surface area contributed by atoms with Crippen LogP contribution in [0.15, 0.2) is 55.0 Å². The molecule has 1 atom stereocenters. The average molecular weight is 375 g/mol. The molecule has 0 fully saturated rings. The molecule has 3 aromatic heterocycles. The van der Waals surface area contributed by atoms with Crippen molar-refractivity contribution in [2.24, 2.45) is 0 Å². The van der Waals surface area contributed by atoms with Crippen LogP contribution in [0.2, 0.25) is 0 Å². The van der Waals surface area contributed by atoms with Crippen LogP contribution in [-0.2, 0) is 0 Å². The Morgan fingerprint density at radius 2 is 1.89 bits per heavy atom. The van der Waals surface area contributed by atoms with Gasteiger partial charge in [0.25, 0.3) is 0 Å². The largest absolute Gasteiger partial charge is 0.393 e. The number of halogens is 1. The molecule has 0 saturated carbocycles. The van der Waals surface area contributed by atoms with Gasteiger partial charge >= 0.3 is 0 Å². The van der Waals surface area contributed by atoms with Gasteiger partial charge < -0.3 is 16.8 Å². The summed E-state index contributed by atoms with van der Waals surface area (Å²) >= 11 is 0. The summed E-state index contributed by atoms with van der Waals surface area (Å²) in [6.45, 7) is 1.93. The van der Waals surface area contributed by atoms with Crippen molar-refractivity contribution in [1.82, 2.24) is 19.9 Å². The van der Waals surface area contributed by atoms with E-state index in [9.17, 15) is 4.39 Å². The number of nitrogen functional groups attached to an aromatic ring is 2. The lowest BCUT2D eigenvalue weighted by atomic mass is 10.0. The van der Waals surface area contributed by atoms with E-state index in [1.165, 1.54) is 18.5 Å². The zero-order valence-corrected chi connectivity index (χ0v) is 15.1. The number of hydrogen-bond acceptors (Lipinski definition) is 7. The number of anilines is 3. The second-order valence-electron chi connectivity index (χ2n) is 6.36. The van der Waals surface area contributed by atoms with Gasteiger partial charge in [-0.05, 0) is 43.3 Å². The topological polar surface area (TPSA) is 116 Å². The summed E-state index contributed by atoms with van der Waals surface area (Å²) < 4.78 is 13.7. The zero-order chi connectivity index (χ0) is 19.7. The number of nitrogens with zero attached hydrogens (tertiary/aromatic N) is 4. The lowest BCUT2D eigenvalue weighted by Crippen LogP contribution is -2.14. The molecule has 1 unspecified atom stereocenters. The molecule has 28 heavy (non-hydrogen) atoms. The van der Waals surface area contributed by atoms with E-state index in [4.69, 9.17) is 16.5 Å². The lowest BCUT2D eigenvalue weighted by molar-refractivity contribution is 0.629. The van der Waals surface area contributed by atoms with Crippen LogP contribution in [0.3, 0.4) is 0 Å². The fourth-order valence-electron chi connectivity index (χ4n) is 3.02. The van der Waals surface area contributed by atoms with E-state index >= 15 is 0 Å². The van der Waals surface area contributed by atoms with Crippen molar-refractivity contribution in [3.63, 3.8) is 0 Å². The van der Waals surface area contributed by atoms with E-state index in [2.05, 4.69) is 20.3 Å². The minimum absolute atomic E-state index is 0.205. The third-order valence-electron chi connectivity index (χ3n) is 4.43. The van der Waals surface area contributed by atoms with E-state index < -0.39 is 0 Å². The summed E-state index contributed by atoms with van der Waals surface area (Å²) in [5.41, 5.74) is 15.0. The van der Waals surface area contributed by atoms with Crippen LogP contribution in [0, 0.1) is 5.82 Å². The van der Waals surface area contributed by atoms with E-state index in [-0.39, 0.29) is 23.4 Å². The molecule has 0 radical (unpaired) electrons. The fraction of sp³-hybridized carbons (Fsp3) is 0.100. The second-order valence-corrected chi connectivity index (χ2v) is 6.36. The van der Waals surface area contributed by atoms with Crippen molar-refractivity contribution < 1.29 is 4.39 Å². The van der Waals surface area contributed by atoms with Gasteiger partial charge in [-0.2, -0.15) is 0 Å². The van der Waals surface area contributed by atoms with Gasteiger partial charge in [0, 0.05) is 17.1 Å². The summed E-state index contributed by atoms with van der Waals surface area (Å²) in [5.74, 6) is 0.314. The molecule has 140 valence electrons. The first-order valence-electron chi connectivity index (χ1n) is 8.67. The lowest BCUT2D eigenvalue weighted by Gasteiger charge is -2.19. The van der Waals surface area contributed by atoms with Crippen molar-refractivity contribution in [2.45, 2.75) is 13.0 Å². The first-order chi connectivity index (χ1) is 13.5. The molecule has 7 nitrogen and oxygen atoms in total.